The van der Waals surface area contributed by atoms with Gasteiger partial charge in [-0.05, 0) is 26.0 Å². The minimum Gasteiger partial charge on any atom is -0.484 e. The summed E-state index contributed by atoms with van der Waals surface area (Å²) >= 11 is 0. The first-order valence-electron chi connectivity index (χ1n) is 5.18. The second-order valence-corrected chi connectivity index (χ2v) is 4.44. The normalized spacial score (nSPS) is 17.6. The fourth-order valence-corrected chi connectivity index (χ4v) is 1.86. The standard InChI is InChI=1S/C12H14FNO2/c1-12(2)8-14(11(15)7-13)9-5-3-4-6-10(9)16-12/h3-6H,7-8H2,1-2H3. The first kappa shape index (κ1) is 10.9. The van der Waals surface area contributed by atoms with E-state index in [1.54, 1.807) is 18.2 Å². The van der Waals surface area contributed by atoms with Crippen LogP contribution in [0.25, 0.3) is 0 Å². The molecular formula is C12H14FNO2. The Balaban J connectivity index is 2.43. The van der Waals surface area contributed by atoms with Crippen LogP contribution >= 0.6 is 0 Å². The van der Waals surface area contributed by atoms with Crippen LogP contribution in [0.1, 0.15) is 13.8 Å². The van der Waals surface area contributed by atoms with Gasteiger partial charge >= 0.3 is 0 Å². The van der Waals surface area contributed by atoms with Crippen molar-refractivity contribution >= 4 is 11.6 Å². The van der Waals surface area contributed by atoms with Gasteiger partial charge in [-0.3, -0.25) is 4.79 Å². The van der Waals surface area contributed by atoms with Crippen LogP contribution in [0.15, 0.2) is 24.3 Å². The molecule has 1 aliphatic rings. The van der Waals surface area contributed by atoms with E-state index in [1.807, 2.05) is 19.9 Å². The van der Waals surface area contributed by atoms with Crippen molar-refractivity contribution < 1.29 is 13.9 Å². The van der Waals surface area contributed by atoms with Crippen molar-refractivity contribution in [3.63, 3.8) is 0 Å². The Labute approximate surface area is 93.8 Å². The highest BCUT2D eigenvalue weighted by Gasteiger charge is 2.34. The van der Waals surface area contributed by atoms with Crippen LogP contribution in [0.5, 0.6) is 5.75 Å². The Kier molecular flexibility index (Phi) is 2.58. The van der Waals surface area contributed by atoms with E-state index in [1.165, 1.54) is 4.90 Å². The first-order valence-corrected chi connectivity index (χ1v) is 5.18. The van der Waals surface area contributed by atoms with E-state index < -0.39 is 18.2 Å². The highest BCUT2D eigenvalue weighted by molar-refractivity contribution is 5.96. The third-order valence-electron chi connectivity index (χ3n) is 2.50. The number of ether oxygens (including phenoxy) is 1. The molecule has 1 aromatic carbocycles. The summed E-state index contributed by atoms with van der Waals surface area (Å²) in [5.41, 5.74) is 0.156. The van der Waals surface area contributed by atoms with Gasteiger partial charge in [0.25, 0.3) is 5.91 Å². The van der Waals surface area contributed by atoms with E-state index in [9.17, 15) is 9.18 Å². The Hall–Kier alpha value is -1.58. The zero-order valence-corrected chi connectivity index (χ0v) is 9.37. The van der Waals surface area contributed by atoms with Crippen molar-refractivity contribution in [1.82, 2.24) is 0 Å². The molecule has 0 unspecified atom stereocenters. The summed E-state index contributed by atoms with van der Waals surface area (Å²) in [5, 5.41) is 0. The molecule has 0 aromatic heterocycles. The molecule has 86 valence electrons. The Morgan fingerprint density at radius 3 is 2.88 bits per heavy atom. The minimum absolute atomic E-state index is 0.368. The summed E-state index contributed by atoms with van der Waals surface area (Å²) in [7, 11) is 0. The summed E-state index contributed by atoms with van der Waals surface area (Å²) < 4.78 is 18.2. The molecule has 0 radical (unpaired) electrons. The molecule has 0 fully saturated rings. The van der Waals surface area contributed by atoms with Crippen molar-refractivity contribution in [2.45, 2.75) is 19.4 Å². The quantitative estimate of drug-likeness (QED) is 0.730. The van der Waals surface area contributed by atoms with Crippen molar-refractivity contribution in [3.8, 4) is 5.75 Å². The largest absolute Gasteiger partial charge is 0.484 e. The highest BCUT2D eigenvalue weighted by atomic mass is 19.1. The molecule has 0 bridgehead atoms. The number of hydrogen-bond donors (Lipinski definition) is 0. The number of carbonyl (C=O) groups excluding carboxylic acids is 1. The fourth-order valence-electron chi connectivity index (χ4n) is 1.86. The lowest BCUT2D eigenvalue weighted by molar-refractivity contribution is -0.120. The Morgan fingerprint density at radius 2 is 2.19 bits per heavy atom. The van der Waals surface area contributed by atoms with E-state index in [2.05, 4.69) is 0 Å². The molecular weight excluding hydrogens is 209 g/mol. The number of anilines is 1. The van der Waals surface area contributed by atoms with Crippen molar-refractivity contribution in [1.29, 1.82) is 0 Å². The number of carbonyl (C=O) groups is 1. The van der Waals surface area contributed by atoms with Crippen molar-refractivity contribution in [2.75, 3.05) is 18.1 Å². The summed E-state index contributed by atoms with van der Waals surface area (Å²) in [6.07, 6.45) is 0. The number of rotatable bonds is 1. The predicted molar refractivity (Wildman–Crippen MR) is 59.5 cm³/mol. The van der Waals surface area contributed by atoms with Crippen LogP contribution in [0.2, 0.25) is 0 Å². The fraction of sp³-hybridized carbons (Fsp3) is 0.417. The number of hydrogen-bond acceptors (Lipinski definition) is 2. The molecule has 1 aliphatic heterocycles. The van der Waals surface area contributed by atoms with Gasteiger partial charge in [-0.15, -0.1) is 0 Å². The molecule has 2 rings (SSSR count). The van der Waals surface area contributed by atoms with E-state index in [4.69, 9.17) is 4.74 Å². The van der Waals surface area contributed by atoms with E-state index >= 15 is 0 Å². The zero-order chi connectivity index (χ0) is 11.8. The number of benzene rings is 1. The number of alkyl halides is 1. The number of nitrogens with zero attached hydrogens (tertiary/aromatic N) is 1. The van der Waals surface area contributed by atoms with Gasteiger partial charge in [0.05, 0.1) is 12.2 Å². The third-order valence-corrected chi connectivity index (χ3v) is 2.50. The minimum atomic E-state index is -0.982. The molecule has 4 heteroatoms. The monoisotopic (exact) mass is 223 g/mol. The third kappa shape index (κ3) is 1.87. The zero-order valence-electron chi connectivity index (χ0n) is 9.37. The maximum atomic E-state index is 12.5. The van der Waals surface area contributed by atoms with Gasteiger partial charge in [-0.25, -0.2) is 4.39 Å². The van der Waals surface area contributed by atoms with Crippen LogP contribution in [0.3, 0.4) is 0 Å². The second kappa shape index (κ2) is 3.77. The lowest BCUT2D eigenvalue weighted by atomic mass is 10.1. The average molecular weight is 223 g/mol. The molecule has 0 aliphatic carbocycles. The Morgan fingerprint density at radius 1 is 1.50 bits per heavy atom. The summed E-state index contributed by atoms with van der Waals surface area (Å²) in [6, 6.07) is 7.18. The maximum Gasteiger partial charge on any atom is 0.258 e. The summed E-state index contributed by atoms with van der Waals surface area (Å²) in [6.45, 7) is 3.14. The van der Waals surface area contributed by atoms with Gasteiger partial charge in [-0.2, -0.15) is 0 Å². The molecule has 0 saturated carbocycles. The van der Waals surface area contributed by atoms with Crippen molar-refractivity contribution in [2.24, 2.45) is 0 Å². The van der Waals surface area contributed by atoms with E-state index in [-0.39, 0.29) is 0 Å². The molecule has 16 heavy (non-hydrogen) atoms. The van der Waals surface area contributed by atoms with E-state index in [0.29, 0.717) is 18.0 Å². The highest BCUT2D eigenvalue weighted by Crippen LogP contribution is 2.36. The molecule has 0 atom stereocenters. The smallest absolute Gasteiger partial charge is 0.258 e. The van der Waals surface area contributed by atoms with Gasteiger partial charge in [0.2, 0.25) is 0 Å². The van der Waals surface area contributed by atoms with Crippen LogP contribution < -0.4 is 9.64 Å². The summed E-state index contributed by atoms with van der Waals surface area (Å²) in [4.78, 5) is 13.0. The number of halogens is 1. The summed E-state index contributed by atoms with van der Waals surface area (Å²) in [5.74, 6) is 0.101. The van der Waals surface area contributed by atoms with Crippen molar-refractivity contribution in [3.05, 3.63) is 24.3 Å². The molecule has 0 saturated heterocycles. The van der Waals surface area contributed by atoms with Gasteiger partial charge in [0.1, 0.15) is 11.4 Å². The van der Waals surface area contributed by atoms with Gasteiger partial charge < -0.3 is 9.64 Å². The average Bonchev–Trinajstić information content (AvgIpc) is 2.25. The first-order chi connectivity index (χ1) is 7.53. The van der Waals surface area contributed by atoms with Gasteiger partial charge in [0.15, 0.2) is 6.67 Å². The molecule has 1 aromatic rings. The number of amides is 1. The lowest BCUT2D eigenvalue weighted by Crippen LogP contribution is -2.49. The maximum absolute atomic E-state index is 12.5. The number of fused-ring (bicyclic) bond motifs is 1. The van der Waals surface area contributed by atoms with Gasteiger partial charge in [0, 0.05) is 0 Å². The lowest BCUT2D eigenvalue weighted by Gasteiger charge is -2.39. The second-order valence-electron chi connectivity index (χ2n) is 4.44. The van der Waals surface area contributed by atoms with Crippen LogP contribution in [0, 0.1) is 0 Å². The van der Waals surface area contributed by atoms with E-state index in [0.717, 1.165) is 0 Å². The molecule has 3 nitrogen and oxygen atoms in total. The van der Waals surface area contributed by atoms with Gasteiger partial charge in [-0.1, -0.05) is 12.1 Å². The van der Waals surface area contributed by atoms with Crippen LogP contribution in [-0.2, 0) is 4.79 Å². The number of para-hydroxylation sites is 2. The van der Waals surface area contributed by atoms with Crippen LogP contribution in [-0.4, -0.2) is 24.7 Å². The SMILES string of the molecule is CC1(C)CN(C(=O)CF)c2ccccc2O1. The Bertz CT molecular complexity index is 417. The topological polar surface area (TPSA) is 29.5 Å². The van der Waals surface area contributed by atoms with Crippen LogP contribution in [0.4, 0.5) is 10.1 Å². The molecule has 0 spiro atoms. The molecule has 1 amide bonds. The molecule has 0 N–H and O–H groups in total. The molecule has 1 heterocycles. The predicted octanol–water partition coefficient (Wildman–Crippen LogP) is 2.16.